The topological polar surface area (TPSA) is 70.7 Å². The zero-order valence-corrected chi connectivity index (χ0v) is 15.9. The van der Waals surface area contributed by atoms with Crippen molar-refractivity contribution in [1.82, 2.24) is 14.9 Å². The van der Waals surface area contributed by atoms with Crippen molar-refractivity contribution in [3.63, 3.8) is 0 Å². The number of nitriles is 1. The summed E-state index contributed by atoms with van der Waals surface area (Å²) in [5.74, 6) is -0.159. The molecule has 0 bridgehead atoms. The van der Waals surface area contributed by atoms with E-state index in [1.807, 2.05) is 60.8 Å². The lowest BCUT2D eigenvalue weighted by Gasteiger charge is -2.00. The van der Waals surface area contributed by atoms with Gasteiger partial charge in [-0.05, 0) is 24.3 Å². The van der Waals surface area contributed by atoms with Crippen molar-refractivity contribution in [2.45, 2.75) is 19.5 Å². The Balaban J connectivity index is 1.46. The number of thiazole rings is 1. The van der Waals surface area contributed by atoms with Crippen LogP contribution in [0.2, 0.25) is 0 Å². The third kappa shape index (κ3) is 3.80. The maximum atomic E-state index is 12.2. The van der Waals surface area contributed by atoms with E-state index < -0.39 is 0 Å². The van der Waals surface area contributed by atoms with E-state index >= 15 is 0 Å². The van der Waals surface area contributed by atoms with Crippen LogP contribution < -0.4 is 5.32 Å². The second kappa shape index (κ2) is 8.07. The van der Waals surface area contributed by atoms with Gasteiger partial charge >= 0.3 is 0 Å². The lowest BCUT2D eigenvalue weighted by molar-refractivity contribution is -0.116. The number of carbonyl (C=O) groups excluding carboxylic acids is 1. The Morgan fingerprint density at radius 1 is 1.21 bits per heavy atom. The van der Waals surface area contributed by atoms with Gasteiger partial charge in [-0.15, -0.1) is 11.3 Å². The number of nitrogens with one attached hydrogen (secondary N) is 1. The third-order valence-corrected chi connectivity index (χ3v) is 5.49. The predicted molar refractivity (Wildman–Crippen MR) is 113 cm³/mol. The maximum Gasteiger partial charge on any atom is 0.244 e. The van der Waals surface area contributed by atoms with Gasteiger partial charge in [-0.2, -0.15) is 5.26 Å². The first-order chi connectivity index (χ1) is 13.7. The number of fused-ring (bicyclic) bond motifs is 2. The summed E-state index contributed by atoms with van der Waals surface area (Å²) in [5, 5.41) is 13.7. The average molecular weight is 386 g/mol. The molecule has 138 valence electrons. The van der Waals surface area contributed by atoms with Crippen LogP contribution in [-0.2, 0) is 17.9 Å². The summed E-state index contributed by atoms with van der Waals surface area (Å²) in [4.78, 5) is 16.8. The van der Waals surface area contributed by atoms with Crippen molar-refractivity contribution < 1.29 is 4.79 Å². The molecule has 0 spiro atoms. The lowest BCUT2D eigenvalue weighted by atomic mass is 10.1. The van der Waals surface area contributed by atoms with E-state index in [9.17, 15) is 4.79 Å². The SMILES string of the molecule is N#CCCn1cc(/C=C/C(=O)NCc2nc3ccccc3s2)c2ccccc21. The zero-order chi connectivity index (χ0) is 19.3. The fraction of sp³-hybridized carbons (Fsp3) is 0.136. The van der Waals surface area contributed by atoms with Crippen molar-refractivity contribution in [1.29, 1.82) is 5.26 Å². The highest BCUT2D eigenvalue weighted by Gasteiger charge is 2.07. The molecule has 4 aromatic rings. The van der Waals surface area contributed by atoms with E-state index in [1.165, 1.54) is 0 Å². The lowest BCUT2D eigenvalue weighted by Crippen LogP contribution is -2.19. The summed E-state index contributed by atoms with van der Waals surface area (Å²) < 4.78 is 3.17. The fourth-order valence-corrected chi connectivity index (χ4v) is 4.05. The largest absolute Gasteiger partial charge is 0.346 e. The van der Waals surface area contributed by atoms with Crippen LogP contribution in [0.3, 0.4) is 0 Å². The molecule has 6 heteroatoms. The van der Waals surface area contributed by atoms with Crippen molar-refractivity contribution in [3.05, 3.63) is 71.4 Å². The van der Waals surface area contributed by atoms with Gasteiger partial charge in [0.1, 0.15) is 5.01 Å². The van der Waals surface area contributed by atoms with Gasteiger partial charge in [0.15, 0.2) is 0 Å². The van der Waals surface area contributed by atoms with E-state index in [-0.39, 0.29) is 5.91 Å². The Labute approximate surface area is 166 Å². The van der Waals surface area contributed by atoms with E-state index in [1.54, 1.807) is 17.4 Å². The maximum absolute atomic E-state index is 12.2. The van der Waals surface area contributed by atoms with Crippen molar-refractivity contribution in [2.24, 2.45) is 0 Å². The summed E-state index contributed by atoms with van der Waals surface area (Å²) in [5.41, 5.74) is 2.98. The first-order valence-electron chi connectivity index (χ1n) is 9.00. The highest BCUT2D eigenvalue weighted by atomic mass is 32.1. The van der Waals surface area contributed by atoms with Gasteiger partial charge in [-0.1, -0.05) is 30.3 Å². The molecule has 0 radical (unpaired) electrons. The number of rotatable bonds is 6. The number of para-hydroxylation sites is 2. The number of hydrogen-bond donors (Lipinski definition) is 1. The Morgan fingerprint density at radius 3 is 2.89 bits per heavy atom. The molecule has 0 aliphatic rings. The summed E-state index contributed by atoms with van der Waals surface area (Å²) >= 11 is 1.59. The van der Waals surface area contributed by atoms with E-state index in [0.29, 0.717) is 19.5 Å². The molecule has 0 aliphatic heterocycles. The van der Waals surface area contributed by atoms with Gasteiger partial charge in [0, 0.05) is 35.3 Å². The van der Waals surface area contributed by atoms with Crippen LogP contribution in [0.25, 0.3) is 27.2 Å². The quantitative estimate of drug-likeness (QED) is 0.496. The normalized spacial score (nSPS) is 11.2. The molecule has 0 aliphatic carbocycles. The van der Waals surface area contributed by atoms with Gasteiger partial charge in [-0.3, -0.25) is 4.79 Å². The highest BCUT2D eigenvalue weighted by Crippen LogP contribution is 2.23. The Hall–Kier alpha value is -3.43. The van der Waals surface area contributed by atoms with Crippen LogP contribution in [0.15, 0.2) is 60.8 Å². The molecule has 0 atom stereocenters. The molecule has 28 heavy (non-hydrogen) atoms. The minimum Gasteiger partial charge on any atom is -0.346 e. The number of aryl methyl sites for hydroxylation is 1. The summed E-state index contributed by atoms with van der Waals surface area (Å²) in [6.45, 7) is 1.04. The average Bonchev–Trinajstić information content (AvgIpc) is 3.30. The Kier molecular flexibility index (Phi) is 5.18. The molecular formula is C22H18N4OS. The van der Waals surface area contributed by atoms with Crippen LogP contribution in [0.4, 0.5) is 0 Å². The number of amides is 1. The number of carbonyl (C=O) groups is 1. The van der Waals surface area contributed by atoms with E-state index in [4.69, 9.17) is 5.26 Å². The number of benzene rings is 2. The van der Waals surface area contributed by atoms with Crippen LogP contribution in [0, 0.1) is 11.3 Å². The Morgan fingerprint density at radius 2 is 2.04 bits per heavy atom. The monoisotopic (exact) mass is 386 g/mol. The second-order valence-electron chi connectivity index (χ2n) is 6.33. The van der Waals surface area contributed by atoms with E-state index in [2.05, 4.69) is 20.9 Å². The molecule has 0 saturated heterocycles. The van der Waals surface area contributed by atoms with Gasteiger partial charge in [0.05, 0.1) is 29.3 Å². The number of aromatic nitrogens is 2. The fourth-order valence-electron chi connectivity index (χ4n) is 3.15. The van der Waals surface area contributed by atoms with Crippen LogP contribution in [-0.4, -0.2) is 15.5 Å². The molecule has 2 aromatic carbocycles. The predicted octanol–water partition coefficient (Wildman–Crippen LogP) is 4.49. The number of hydrogen-bond acceptors (Lipinski definition) is 4. The smallest absolute Gasteiger partial charge is 0.244 e. The molecule has 0 fully saturated rings. The molecule has 4 rings (SSSR count). The van der Waals surface area contributed by atoms with Gasteiger partial charge in [0.2, 0.25) is 5.91 Å². The minimum absolute atomic E-state index is 0.159. The van der Waals surface area contributed by atoms with Crippen molar-refractivity contribution in [3.8, 4) is 6.07 Å². The third-order valence-electron chi connectivity index (χ3n) is 4.45. The van der Waals surface area contributed by atoms with Gasteiger partial charge in [-0.25, -0.2) is 4.98 Å². The summed E-state index contributed by atoms with van der Waals surface area (Å²) in [7, 11) is 0. The molecule has 2 aromatic heterocycles. The van der Waals surface area contributed by atoms with Gasteiger partial charge < -0.3 is 9.88 Å². The summed E-state index contributed by atoms with van der Waals surface area (Å²) in [6, 6.07) is 18.1. The first kappa shape index (κ1) is 18.0. The standard InChI is InChI=1S/C22H18N4OS/c23-12-5-13-26-15-16(17-6-1-3-8-19(17)26)10-11-21(27)24-14-22-25-18-7-2-4-9-20(18)28-22/h1-4,6-11,15H,5,13-14H2,(H,24,27)/b11-10+. The number of nitrogens with zero attached hydrogens (tertiary/aromatic N) is 3. The highest BCUT2D eigenvalue weighted by molar-refractivity contribution is 7.18. The first-order valence-corrected chi connectivity index (χ1v) is 9.81. The molecule has 0 saturated carbocycles. The van der Waals surface area contributed by atoms with E-state index in [0.717, 1.165) is 31.7 Å². The molecule has 2 heterocycles. The van der Waals surface area contributed by atoms with Crippen LogP contribution in [0.5, 0.6) is 0 Å². The molecule has 5 nitrogen and oxygen atoms in total. The molecule has 1 N–H and O–H groups in total. The molecular weight excluding hydrogens is 368 g/mol. The van der Waals surface area contributed by atoms with Crippen LogP contribution >= 0.6 is 11.3 Å². The second-order valence-corrected chi connectivity index (χ2v) is 7.44. The zero-order valence-electron chi connectivity index (χ0n) is 15.1. The Bertz CT molecular complexity index is 1180. The van der Waals surface area contributed by atoms with Crippen LogP contribution in [0.1, 0.15) is 17.0 Å². The molecule has 1 amide bonds. The summed E-state index contributed by atoms with van der Waals surface area (Å²) in [6.07, 6.45) is 5.80. The minimum atomic E-state index is -0.159. The van der Waals surface area contributed by atoms with Crippen molar-refractivity contribution >= 4 is 44.4 Å². The van der Waals surface area contributed by atoms with Crippen molar-refractivity contribution in [2.75, 3.05) is 0 Å². The van der Waals surface area contributed by atoms with Gasteiger partial charge in [0.25, 0.3) is 0 Å². The molecule has 0 unspecified atom stereocenters.